The minimum Gasteiger partial charge on any atom is -0.494 e. The summed E-state index contributed by atoms with van der Waals surface area (Å²) in [5, 5.41) is 0.736. The maximum atomic E-state index is 5.83. The summed E-state index contributed by atoms with van der Waals surface area (Å²) in [6.45, 7) is 3.87. The molecule has 5 heteroatoms. The Morgan fingerprint density at radius 2 is 1.95 bits per heavy atom. The van der Waals surface area contributed by atoms with Gasteiger partial charge in [0.2, 0.25) is 0 Å². The van der Waals surface area contributed by atoms with Crippen LogP contribution in [0.5, 0.6) is 5.75 Å². The molecule has 0 aliphatic carbocycles. The summed E-state index contributed by atoms with van der Waals surface area (Å²) in [4.78, 5) is 6.37. The van der Waals surface area contributed by atoms with E-state index in [9.17, 15) is 0 Å². The normalized spacial score (nSPS) is 11.0. The van der Waals surface area contributed by atoms with Crippen molar-refractivity contribution in [1.29, 1.82) is 0 Å². The number of hydrogen-bond donors (Lipinski definition) is 0. The van der Waals surface area contributed by atoms with E-state index in [-0.39, 0.29) is 0 Å². The van der Waals surface area contributed by atoms with Crippen molar-refractivity contribution in [2.45, 2.75) is 19.4 Å². The molecule has 0 spiro atoms. The van der Waals surface area contributed by atoms with Crippen LogP contribution in [0.15, 0.2) is 43.0 Å². The van der Waals surface area contributed by atoms with Gasteiger partial charge in [0, 0.05) is 30.5 Å². The molecule has 0 N–H and O–H groups in total. The second kappa shape index (κ2) is 8.70. The third kappa shape index (κ3) is 6.19. The molecule has 2 aromatic rings. The predicted octanol–water partition coefficient (Wildman–Crippen LogP) is 3.33. The lowest BCUT2D eigenvalue weighted by Gasteiger charge is -2.16. The minimum atomic E-state index is 0.730. The number of aryl methyl sites for hydroxylation is 1. The van der Waals surface area contributed by atoms with E-state index < -0.39 is 0 Å². The van der Waals surface area contributed by atoms with Crippen LogP contribution < -0.4 is 4.74 Å². The lowest BCUT2D eigenvalue weighted by atomic mass is 10.3. The van der Waals surface area contributed by atoms with Gasteiger partial charge in [-0.3, -0.25) is 0 Å². The standard InChI is InChI=1S/C16H22ClN3O/c1-19(9-2-11-20-12-8-18-14-20)10-3-13-21-16-6-4-15(17)5-7-16/h4-8,12,14H,2-3,9-11,13H2,1H3. The summed E-state index contributed by atoms with van der Waals surface area (Å²) in [5.74, 6) is 0.877. The van der Waals surface area contributed by atoms with Gasteiger partial charge in [0.25, 0.3) is 0 Å². The van der Waals surface area contributed by atoms with Crippen molar-refractivity contribution < 1.29 is 4.74 Å². The molecule has 4 nitrogen and oxygen atoms in total. The van der Waals surface area contributed by atoms with Gasteiger partial charge >= 0.3 is 0 Å². The molecule has 0 bridgehead atoms. The van der Waals surface area contributed by atoms with Crippen molar-refractivity contribution in [2.24, 2.45) is 0 Å². The van der Waals surface area contributed by atoms with Crippen LogP contribution in [0.3, 0.4) is 0 Å². The summed E-state index contributed by atoms with van der Waals surface area (Å²) in [5.41, 5.74) is 0. The topological polar surface area (TPSA) is 30.3 Å². The van der Waals surface area contributed by atoms with Crippen LogP contribution >= 0.6 is 11.6 Å². The van der Waals surface area contributed by atoms with Crippen LogP contribution in [0, 0.1) is 0 Å². The van der Waals surface area contributed by atoms with Crippen LogP contribution in [-0.2, 0) is 6.54 Å². The van der Waals surface area contributed by atoms with Crippen LogP contribution in [0.1, 0.15) is 12.8 Å². The highest BCUT2D eigenvalue weighted by Gasteiger charge is 2.00. The van der Waals surface area contributed by atoms with Gasteiger partial charge in [-0.15, -0.1) is 0 Å². The van der Waals surface area contributed by atoms with Gasteiger partial charge in [-0.05, 0) is 50.7 Å². The fourth-order valence-corrected chi connectivity index (χ4v) is 2.24. The van der Waals surface area contributed by atoms with E-state index in [0.29, 0.717) is 0 Å². The third-order valence-electron chi connectivity index (χ3n) is 3.28. The second-order valence-corrected chi connectivity index (χ2v) is 5.55. The molecule has 0 aliphatic heterocycles. The first kappa shape index (κ1) is 15.9. The Bertz CT molecular complexity index is 499. The third-order valence-corrected chi connectivity index (χ3v) is 3.53. The average molecular weight is 308 g/mol. The van der Waals surface area contributed by atoms with E-state index in [1.807, 2.05) is 43.0 Å². The Morgan fingerprint density at radius 1 is 1.19 bits per heavy atom. The number of imidazole rings is 1. The number of halogens is 1. The number of nitrogens with zero attached hydrogens (tertiary/aromatic N) is 3. The Balaban J connectivity index is 1.52. The predicted molar refractivity (Wildman–Crippen MR) is 85.9 cm³/mol. The molecule has 1 aromatic heterocycles. The molecular formula is C16H22ClN3O. The first-order valence-electron chi connectivity index (χ1n) is 7.27. The van der Waals surface area contributed by atoms with E-state index in [1.54, 1.807) is 0 Å². The number of hydrogen-bond acceptors (Lipinski definition) is 3. The molecule has 0 atom stereocenters. The SMILES string of the molecule is CN(CCCOc1ccc(Cl)cc1)CCCn1ccnc1. The second-order valence-electron chi connectivity index (χ2n) is 5.11. The molecule has 0 unspecified atom stereocenters. The fourth-order valence-electron chi connectivity index (χ4n) is 2.11. The molecule has 0 fully saturated rings. The van der Waals surface area contributed by atoms with Crippen molar-refractivity contribution in [2.75, 3.05) is 26.7 Å². The van der Waals surface area contributed by atoms with Gasteiger partial charge in [-0.25, -0.2) is 4.98 Å². The molecule has 1 heterocycles. The maximum Gasteiger partial charge on any atom is 0.119 e. The van der Waals surface area contributed by atoms with Crippen molar-refractivity contribution in [3.63, 3.8) is 0 Å². The molecule has 1 aromatic carbocycles. The summed E-state index contributed by atoms with van der Waals surface area (Å²) in [6.07, 6.45) is 7.83. The lowest BCUT2D eigenvalue weighted by Crippen LogP contribution is -2.23. The Labute approximate surface area is 131 Å². The van der Waals surface area contributed by atoms with Crippen molar-refractivity contribution in [3.05, 3.63) is 48.0 Å². The number of rotatable bonds is 9. The zero-order chi connectivity index (χ0) is 14.9. The van der Waals surface area contributed by atoms with E-state index in [1.165, 1.54) is 0 Å². The minimum absolute atomic E-state index is 0.730. The van der Waals surface area contributed by atoms with Gasteiger partial charge in [-0.2, -0.15) is 0 Å². The Morgan fingerprint density at radius 3 is 2.67 bits per heavy atom. The van der Waals surface area contributed by atoms with Gasteiger partial charge in [0.05, 0.1) is 12.9 Å². The number of benzene rings is 1. The van der Waals surface area contributed by atoms with Crippen LogP contribution in [0.2, 0.25) is 5.02 Å². The van der Waals surface area contributed by atoms with E-state index in [2.05, 4.69) is 21.5 Å². The zero-order valence-electron chi connectivity index (χ0n) is 12.4. The highest BCUT2D eigenvalue weighted by molar-refractivity contribution is 6.30. The van der Waals surface area contributed by atoms with Crippen LogP contribution in [0.4, 0.5) is 0 Å². The lowest BCUT2D eigenvalue weighted by molar-refractivity contribution is 0.259. The monoisotopic (exact) mass is 307 g/mol. The molecule has 0 radical (unpaired) electrons. The van der Waals surface area contributed by atoms with Crippen molar-refractivity contribution in [3.8, 4) is 5.75 Å². The van der Waals surface area contributed by atoms with Gasteiger partial charge in [0.1, 0.15) is 5.75 Å². The molecule has 0 saturated carbocycles. The first-order valence-corrected chi connectivity index (χ1v) is 7.64. The van der Waals surface area contributed by atoms with Crippen molar-refractivity contribution in [1.82, 2.24) is 14.5 Å². The maximum absolute atomic E-state index is 5.83. The fraction of sp³-hybridized carbons (Fsp3) is 0.438. The summed E-state index contributed by atoms with van der Waals surface area (Å²) in [7, 11) is 2.15. The molecule has 0 saturated heterocycles. The molecule has 21 heavy (non-hydrogen) atoms. The highest BCUT2D eigenvalue weighted by atomic mass is 35.5. The van der Waals surface area contributed by atoms with Gasteiger partial charge in [0.15, 0.2) is 0 Å². The summed E-state index contributed by atoms with van der Waals surface area (Å²) in [6, 6.07) is 7.49. The van der Waals surface area contributed by atoms with E-state index >= 15 is 0 Å². The van der Waals surface area contributed by atoms with Crippen LogP contribution in [0.25, 0.3) is 0 Å². The number of aromatic nitrogens is 2. The van der Waals surface area contributed by atoms with E-state index in [0.717, 1.165) is 49.9 Å². The van der Waals surface area contributed by atoms with E-state index in [4.69, 9.17) is 16.3 Å². The molecule has 0 amide bonds. The Hall–Kier alpha value is -1.52. The molecular weight excluding hydrogens is 286 g/mol. The quantitative estimate of drug-likeness (QED) is 0.666. The van der Waals surface area contributed by atoms with Crippen molar-refractivity contribution >= 4 is 11.6 Å². The number of ether oxygens (including phenoxy) is 1. The molecule has 2 rings (SSSR count). The first-order chi connectivity index (χ1) is 10.2. The summed E-state index contributed by atoms with van der Waals surface area (Å²) < 4.78 is 7.79. The molecule has 114 valence electrons. The summed E-state index contributed by atoms with van der Waals surface area (Å²) >= 11 is 5.83. The van der Waals surface area contributed by atoms with Gasteiger partial charge in [-0.1, -0.05) is 11.6 Å². The largest absolute Gasteiger partial charge is 0.494 e. The highest BCUT2D eigenvalue weighted by Crippen LogP contribution is 2.15. The smallest absolute Gasteiger partial charge is 0.119 e. The average Bonchev–Trinajstić information content (AvgIpc) is 2.99. The molecule has 0 aliphatic rings. The van der Waals surface area contributed by atoms with Gasteiger partial charge < -0.3 is 14.2 Å². The Kier molecular flexibility index (Phi) is 6.57. The van der Waals surface area contributed by atoms with Crippen LogP contribution in [-0.4, -0.2) is 41.2 Å². The zero-order valence-corrected chi connectivity index (χ0v) is 13.2.